The second kappa shape index (κ2) is 7.62. The first-order chi connectivity index (χ1) is 12.3. The van der Waals surface area contributed by atoms with Crippen molar-refractivity contribution in [3.63, 3.8) is 0 Å². The number of carbonyl (C=O) groups excluding carboxylic acids is 1. The number of ether oxygens (including phenoxy) is 2. The van der Waals surface area contributed by atoms with Gasteiger partial charge in [0, 0.05) is 45.8 Å². The maximum absolute atomic E-state index is 12.4. The second-order valence-corrected chi connectivity index (χ2v) is 7.16. The van der Waals surface area contributed by atoms with Gasteiger partial charge in [0.15, 0.2) is 0 Å². The van der Waals surface area contributed by atoms with Gasteiger partial charge in [0.25, 0.3) is 0 Å². The fourth-order valence-electron chi connectivity index (χ4n) is 3.89. The lowest BCUT2D eigenvalue weighted by Gasteiger charge is -2.35. The van der Waals surface area contributed by atoms with Crippen LogP contribution in [0, 0.1) is 0 Å². The molecule has 3 heterocycles. The van der Waals surface area contributed by atoms with Gasteiger partial charge in [-0.25, -0.2) is 4.79 Å². The highest BCUT2D eigenvalue weighted by Crippen LogP contribution is 2.27. The number of carbonyl (C=O) groups is 1. The third-order valence-corrected chi connectivity index (χ3v) is 5.34. The van der Waals surface area contributed by atoms with Gasteiger partial charge in [0.05, 0.1) is 12.6 Å². The number of hydrogen-bond acceptors (Lipinski definition) is 4. The Morgan fingerprint density at radius 2 is 2.00 bits per heavy atom. The molecule has 6 heteroatoms. The molecule has 0 aromatic heterocycles. The average Bonchev–Trinajstić information content (AvgIpc) is 3.29. The van der Waals surface area contributed by atoms with Crippen LogP contribution >= 0.6 is 0 Å². The molecule has 2 amide bonds. The Labute approximate surface area is 149 Å². The van der Waals surface area contributed by atoms with Crippen LogP contribution in [0.2, 0.25) is 0 Å². The highest BCUT2D eigenvalue weighted by molar-refractivity contribution is 5.74. The number of fused-ring (bicyclic) bond motifs is 1. The predicted molar refractivity (Wildman–Crippen MR) is 94.9 cm³/mol. The molecule has 0 unspecified atom stereocenters. The largest absolute Gasteiger partial charge is 0.488 e. The molecule has 0 saturated carbocycles. The Bertz CT molecular complexity index is 570. The van der Waals surface area contributed by atoms with Crippen molar-refractivity contribution in [1.29, 1.82) is 0 Å². The van der Waals surface area contributed by atoms with Crippen LogP contribution in [0.4, 0.5) is 4.79 Å². The van der Waals surface area contributed by atoms with Gasteiger partial charge in [-0.3, -0.25) is 4.90 Å². The summed E-state index contributed by atoms with van der Waals surface area (Å²) in [6, 6.07) is 8.11. The van der Waals surface area contributed by atoms with Crippen LogP contribution < -0.4 is 10.1 Å². The third kappa shape index (κ3) is 4.07. The summed E-state index contributed by atoms with van der Waals surface area (Å²) in [6.07, 6.45) is 3.65. The van der Waals surface area contributed by atoms with E-state index in [1.807, 2.05) is 23.1 Å². The first-order valence-corrected chi connectivity index (χ1v) is 9.39. The zero-order chi connectivity index (χ0) is 17.1. The number of benzene rings is 1. The van der Waals surface area contributed by atoms with Gasteiger partial charge in [-0.1, -0.05) is 18.2 Å². The smallest absolute Gasteiger partial charge is 0.317 e. The quantitative estimate of drug-likeness (QED) is 0.898. The van der Waals surface area contributed by atoms with Gasteiger partial charge in [0.1, 0.15) is 11.9 Å². The van der Waals surface area contributed by atoms with Crippen molar-refractivity contribution in [2.24, 2.45) is 0 Å². The maximum atomic E-state index is 12.4. The van der Waals surface area contributed by atoms with Gasteiger partial charge in [0.2, 0.25) is 0 Å². The summed E-state index contributed by atoms with van der Waals surface area (Å²) in [4.78, 5) is 16.7. The molecule has 2 saturated heterocycles. The van der Waals surface area contributed by atoms with Crippen LogP contribution in [-0.2, 0) is 11.2 Å². The first-order valence-electron chi connectivity index (χ1n) is 9.39. The molecule has 0 spiro atoms. The number of para-hydroxylation sites is 1. The summed E-state index contributed by atoms with van der Waals surface area (Å²) in [6.45, 7) is 5.89. The number of piperazine rings is 1. The molecule has 136 valence electrons. The van der Waals surface area contributed by atoms with Crippen molar-refractivity contribution in [2.75, 3.05) is 45.9 Å². The monoisotopic (exact) mass is 345 g/mol. The average molecular weight is 345 g/mol. The Hall–Kier alpha value is -1.79. The lowest BCUT2D eigenvalue weighted by molar-refractivity contribution is 0.0559. The molecule has 0 radical (unpaired) electrons. The molecule has 0 aliphatic carbocycles. The van der Waals surface area contributed by atoms with Crippen LogP contribution in [0.5, 0.6) is 5.75 Å². The van der Waals surface area contributed by atoms with E-state index in [0.717, 1.165) is 51.5 Å². The molecule has 25 heavy (non-hydrogen) atoms. The summed E-state index contributed by atoms with van der Waals surface area (Å²) in [5.41, 5.74) is 1.23. The van der Waals surface area contributed by atoms with Gasteiger partial charge in [-0.2, -0.15) is 0 Å². The van der Waals surface area contributed by atoms with Crippen molar-refractivity contribution in [2.45, 2.75) is 31.5 Å². The fourth-order valence-corrected chi connectivity index (χ4v) is 3.89. The summed E-state index contributed by atoms with van der Waals surface area (Å²) in [5.74, 6) is 0.949. The van der Waals surface area contributed by atoms with Crippen LogP contribution in [0.1, 0.15) is 18.4 Å². The molecule has 2 atom stereocenters. The Morgan fingerprint density at radius 3 is 2.76 bits per heavy atom. The van der Waals surface area contributed by atoms with Gasteiger partial charge < -0.3 is 19.7 Å². The summed E-state index contributed by atoms with van der Waals surface area (Å²) in [7, 11) is 0. The van der Waals surface area contributed by atoms with Crippen molar-refractivity contribution in [1.82, 2.24) is 15.1 Å². The van der Waals surface area contributed by atoms with E-state index in [2.05, 4.69) is 16.3 Å². The van der Waals surface area contributed by atoms with Crippen molar-refractivity contribution in [3.05, 3.63) is 29.8 Å². The lowest BCUT2D eigenvalue weighted by atomic mass is 10.1. The molecule has 1 aromatic rings. The molecular weight excluding hydrogens is 318 g/mol. The highest BCUT2D eigenvalue weighted by atomic mass is 16.5. The third-order valence-electron chi connectivity index (χ3n) is 5.34. The number of rotatable bonds is 4. The second-order valence-electron chi connectivity index (χ2n) is 7.16. The first kappa shape index (κ1) is 16.7. The molecular formula is C19H27N3O3. The Kier molecular flexibility index (Phi) is 5.08. The van der Waals surface area contributed by atoms with Crippen LogP contribution in [0.15, 0.2) is 24.3 Å². The van der Waals surface area contributed by atoms with Crippen LogP contribution in [-0.4, -0.2) is 73.9 Å². The maximum Gasteiger partial charge on any atom is 0.317 e. The van der Waals surface area contributed by atoms with E-state index in [1.165, 1.54) is 18.4 Å². The van der Waals surface area contributed by atoms with Gasteiger partial charge in [-0.15, -0.1) is 0 Å². The Morgan fingerprint density at radius 1 is 1.16 bits per heavy atom. The van der Waals surface area contributed by atoms with E-state index in [0.29, 0.717) is 12.6 Å². The SMILES string of the molecule is O=C(NC[C@@H]1Cc2ccccc2O1)N1CCN(C[C@@H]2CCCO2)CC1. The van der Waals surface area contributed by atoms with Crippen molar-refractivity contribution >= 4 is 6.03 Å². The van der Waals surface area contributed by atoms with E-state index < -0.39 is 0 Å². The van der Waals surface area contributed by atoms with Crippen LogP contribution in [0.25, 0.3) is 0 Å². The minimum absolute atomic E-state index is 0.0244. The molecule has 3 aliphatic heterocycles. The molecule has 3 aliphatic rings. The summed E-state index contributed by atoms with van der Waals surface area (Å²) >= 11 is 0. The number of amides is 2. The van der Waals surface area contributed by atoms with Crippen molar-refractivity contribution < 1.29 is 14.3 Å². The van der Waals surface area contributed by atoms with Crippen LogP contribution in [0.3, 0.4) is 0 Å². The standard InChI is InChI=1S/C19H27N3O3/c23-19(20-13-17-12-15-4-1-2-6-18(15)25-17)22-9-7-21(8-10-22)14-16-5-3-11-24-16/h1-2,4,6,16-17H,3,5,7-14H2,(H,20,23)/t16-,17-/m0/s1. The van der Waals surface area contributed by atoms with E-state index >= 15 is 0 Å². The molecule has 4 rings (SSSR count). The molecule has 6 nitrogen and oxygen atoms in total. The normalized spacial score (nSPS) is 26.3. The molecule has 2 fully saturated rings. The fraction of sp³-hybridized carbons (Fsp3) is 0.632. The Balaban J connectivity index is 1.17. The summed E-state index contributed by atoms with van der Waals surface area (Å²) in [5, 5.41) is 3.04. The number of urea groups is 1. The number of nitrogens with zero attached hydrogens (tertiary/aromatic N) is 2. The van der Waals surface area contributed by atoms with E-state index in [9.17, 15) is 4.79 Å². The molecule has 1 aromatic carbocycles. The predicted octanol–water partition coefficient (Wildman–Crippen LogP) is 1.50. The lowest BCUT2D eigenvalue weighted by Crippen LogP contribution is -2.53. The van der Waals surface area contributed by atoms with E-state index in [-0.39, 0.29) is 12.1 Å². The van der Waals surface area contributed by atoms with E-state index in [4.69, 9.17) is 9.47 Å². The zero-order valence-electron chi connectivity index (χ0n) is 14.7. The molecule has 0 bridgehead atoms. The zero-order valence-corrected chi connectivity index (χ0v) is 14.7. The summed E-state index contributed by atoms with van der Waals surface area (Å²) < 4.78 is 11.6. The topological polar surface area (TPSA) is 54.0 Å². The van der Waals surface area contributed by atoms with Gasteiger partial charge in [-0.05, 0) is 24.5 Å². The van der Waals surface area contributed by atoms with Gasteiger partial charge >= 0.3 is 6.03 Å². The number of hydrogen-bond donors (Lipinski definition) is 1. The van der Waals surface area contributed by atoms with E-state index in [1.54, 1.807) is 0 Å². The molecule has 1 N–H and O–H groups in total. The minimum Gasteiger partial charge on any atom is -0.488 e. The minimum atomic E-state index is 0.0244. The highest BCUT2D eigenvalue weighted by Gasteiger charge is 2.26. The van der Waals surface area contributed by atoms with Crippen molar-refractivity contribution in [3.8, 4) is 5.75 Å². The number of nitrogens with one attached hydrogen (secondary N) is 1.